The van der Waals surface area contributed by atoms with Gasteiger partial charge in [-0.05, 0) is 18.6 Å². The van der Waals surface area contributed by atoms with Crippen molar-refractivity contribution in [3.05, 3.63) is 29.6 Å². The number of aromatic nitrogens is 1. The van der Waals surface area contributed by atoms with Crippen LogP contribution < -0.4 is 0 Å². The van der Waals surface area contributed by atoms with Crippen LogP contribution in [0.4, 0.5) is 0 Å². The fourth-order valence-electron chi connectivity index (χ4n) is 4.69. The van der Waals surface area contributed by atoms with Gasteiger partial charge < -0.3 is 29.5 Å². The van der Waals surface area contributed by atoms with E-state index >= 15 is 0 Å². The van der Waals surface area contributed by atoms with E-state index in [1.54, 1.807) is 32.9 Å². The third-order valence-electron chi connectivity index (χ3n) is 6.70. The summed E-state index contributed by atoms with van der Waals surface area (Å²) in [6, 6.07) is 4.00. The Balaban J connectivity index is 2.50. The average Bonchev–Trinajstić information content (AvgIpc) is 2.93. The monoisotopic (exact) mass is 596 g/mol. The first-order valence-electron chi connectivity index (χ1n) is 13.2. The molecule has 1 aliphatic heterocycles. The number of fused-ring (bicyclic) bond motifs is 2. The molecular formula is C26H36N4O12. The van der Waals surface area contributed by atoms with Gasteiger partial charge in [0.2, 0.25) is 0 Å². The Hall–Kier alpha value is -4.15. The van der Waals surface area contributed by atoms with Crippen molar-refractivity contribution >= 4 is 37.3 Å². The van der Waals surface area contributed by atoms with Crippen molar-refractivity contribution in [2.75, 3.05) is 32.8 Å². The normalized spacial score (nSPS) is 17.3. The largest absolute Gasteiger partial charge is 0.481 e. The van der Waals surface area contributed by atoms with Crippen LogP contribution in [0.5, 0.6) is 0 Å². The van der Waals surface area contributed by atoms with Gasteiger partial charge in [-0.15, -0.1) is 0 Å². The highest BCUT2D eigenvalue weighted by atomic mass is 16.6. The SMILES string of the molecule is O=COCCC(OC=O)N1CCN(C(CCC(=O)O)OC=O)CCN(C(CCC(=O)O)C(=O)O)Cc2cccc(n2)C1. The second-order valence-electron chi connectivity index (χ2n) is 9.45. The number of pyridine rings is 1. The van der Waals surface area contributed by atoms with Gasteiger partial charge in [0.15, 0.2) is 12.5 Å². The Morgan fingerprint density at radius 2 is 1.29 bits per heavy atom. The minimum Gasteiger partial charge on any atom is -0.481 e. The first kappa shape index (κ1) is 34.1. The maximum atomic E-state index is 12.2. The molecule has 1 aliphatic rings. The lowest BCUT2D eigenvalue weighted by Crippen LogP contribution is -2.50. The minimum atomic E-state index is -1.21. The zero-order valence-electron chi connectivity index (χ0n) is 23.0. The summed E-state index contributed by atoms with van der Waals surface area (Å²) in [7, 11) is 0. The van der Waals surface area contributed by atoms with Gasteiger partial charge in [0.1, 0.15) is 6.04 Å². The van der Waals surface area contributed by atoms with Crippen molar-refractivity contribution in [3.8, 4) is 0 Å². The molecule has 3 N–H and O–H groups in total. The molecule has 1 aromatic heterocycles. The van der Waals surface area contributed by atoms with Gasteiger partial charge in [0, 0.05) is 58.5 Å². The molecule has 2 heterocycles. The van der Waals surface area contributed by atoms with Crippen LogP contribution >= 0.6 is 0 Å². The zero-order chi connectivity index (χ0) is 30.9. The van der Waals surface area contributed by atoms with Crippen molar-refractivity contribution in [3.63, 3.8) is 0 Å². The lowest BCUT2D eigenvalue weighted by Gasteiger charge is -2.37. The molecule has 3 unspecified atom stereocenters. The molecule has 0 radical (unpaired) electrons. The topological polar surface area (TPSA) is 213 Å². The number of carbonyl (C=O) groups is 6. The molecule has 0 amide bonds. The van der Waals surface area contributed by atoms with E-state index in [1.807, 2.05) is 0 Å². The quantitative estimate of drug-likeness (QED) is 0.113. The van der Waals surface area contributed by atoms with Crippen LogP contribution in [0.25, 0.3) is 0 Å². The van der Waals surface area contributed by atoms with E-state index in [0.29, 0.717) is 11.4 Å². The number of hydrogen-bond donors (Lipinski definition) is 3. The second kappa shape index (κ2) is 18.3. The molecule has 0 spiro atoms. The summed E-state index contributed by atoms with van der Waals surface area (Å²) in [5.41, 5.74) is 1.06. The summed E-state index contributed by atoms with van der Waals surface area (Å²) in [6.45, 7) is 1.47. The third-order valence-corrected chi connectivity index (χ3v) is 6.70. The predicted molar refractivity (Wildman–Crippen MR) is 140 cm³/mol. The number of nitrogens with zero attached hydrogens (tertiary/aromatic N) is 4. The number of carboxylic acid groups (broad SMARTS) is 3. The maximum absolute atomic E-state index is 12.2. The van der Waals surface area contributed by atoms with Gasteiger partial charge in [-0.1, -0.05) is 6.07 Å². The first-order valence-corrected chi connectivity index (χ1v) is 13.2. The second-order valence-corrected chi connectivity index (χ2v) is 9.45. The van der Waals surface area contributed by atoms with Crippen LogP contribution in [-0.4, -0.2) is 124 Å². The fraction of sp³-hybridized carbons (Fsp3) is 0.577. The van der Waals surface area contributed by atoms with E-state index in [1.165, 1.54) is 0 Å². The van der Waals surface area contributed by atoms with Crippen molar-refractivity contribution in [1.29, 1.82) is 0 Å². The Bertz CT molecular complexity index is 1060. The van der Waals surface area contributed by atoms with Gasteiger partial charge in [-0.3, -0.25) is 48.5 Å². The molecule has 16 nitrogen and oxygen atoms in total. The summed E-state index contributed by atoms with van der Waals surface area (Å²) in [5, 5.41) is 28.3. The Kier molecular flexibility index (Phi) is 14.9. The highest BCUT2D eigenvalue weighted by molar-refractivity contribution is 5.75. The molecule has 0 saturated heterocycles. The smallest absolute Gasteiger partial charge is 0.320 e. The zero-order valence-corrected chi connectivity index (χ0v) is 23.0. The van der Waals surface area contributed by atoms with Crippen LogP contribution in [-0.2, 0) is 56.1 Å². The number of carboxylic acids is 3. The molecular weight excluding hydrogens is 560 g/mol. The summed E-state index contributed by atoms with van der Waals surface area (Å²) >= 11 is 0. The van der Waals surface area contributed by atoms with Crippen LogP contribution in [0, 0.1) is 0 Å². The lowest BCUT2D eigenvalue weighted by atomic mass is 10.1. The third kappa shape index (κ3) is 11.8. The van der Waals surface area contributed by atoms with Gasteiger partial charge in [0.05, 0.1) is 24.4 Å². The molecule has 0 aromatic carbocycles. The molecule has 0 aliphatic carbocycles. The van der Waals surface area contributed by atoms with E-state index in [4.69, 9.17) is 19.3 Å². The molecule has 0 fully saturated rings. The Morgan fingerprint density at radius 3 is 1.83 bits per heavy atom. The Morgan fingerprint density at radius 1 is 0.762 bits per heavy atom. The van der Waals surface area contributed by atoms with E-state index in [-0.39, 0.29) is 97.4 Å². The molecule has 16 heteroatoms. The predicted octanol–water partition coefficient (Wildman–Crippen LogP) is -0.255. The number of ether oxygens (including phenoxy) is 3. The molecule has 0 saturated carbocycles. The number of carbonyl (C=O) groups excluding carboxylic acids is 3. The molecule has 2 rings (SSSR count). The van der Waals surface area contributed by atoms with Crippen LogP contribution in [0.15, 0.2) is 18.2 Å². The molecule has 3 atom stereocenters. The van der Waals surface area contributed by atoms with E-state index < -0.39 is 36.4 Å². The first-order chi connectivity index (χ1) is 20.2. The van der Waals surface area contributed by atoms with Crippen molar-refractivity contribution < 1.29 is 58.3 Å². The van der Waals surface area contributed by atoms with Gasteiger partial charge >= 0.3 is 17.9 Å². The Labute approximate surface area is 241 Å². The highest BCUT2D eigenvalue weighted by Gasteiger charge is 2.30. The maximum Gasteiger partial charge on any atom is 0.320 e. The van der Waals surface area contributed by atoms with Crippen LogP contribution in [0.1, 0.15) is 43.5 Å². The van der Waals surface area contributed by atoms with E-state index in [2.05, 4.69) is 4.98 Å². The average molecular weight is 597 g/mol. The number of aliphatic carboxylic acids is 3. The van der Waals surface area contributed by atoms with Gasteiger partial charge in [-0.2, -0.15) is 0 Å². The summed E-state index contributed by atoms with van der Waals surface area (Å²) in [5.74, 6) is -3.46. The van der Waals surface area contributed by atoms with Crippen LogP contribution in [0.2, 0.25) is 0 Å². The van der Waals surface area contributed by atoms with Crippen molar-refractivity contribution in [2.24, 2.45) is 0 Å². The van der Waals surface area contributed by atoms with Crippen molar-refractivity contribution in [2.45, 2.75) is 63.7 Å². The van der Waals surface area contributed by atoms with Gasteiger partial charge in [-0.25, -0.2) is 0 Å². The number of rotatable bonds is 18. The molecule has 1 aromatic rings. The summed E-state index contributed by atoms with van der Waals surface area (Å²) in [6.07, 6.45) is -2.58. The molecule has 42 heavy (non-hydrogen) atoms. The standard InChI is InChI=1S/C26H36N4O12/c31-16-40-13-8-23(42-18-33)30-12-10-28(22(41-17-32)5-7-25(36)37)9-11-29(21(26(38)39)4-6-24(34)35)14-19-2-1-3-20(15-30)27-19/h1-3,16-18,21-23H,4-15H2,(H,34,35)(H,36,37)(H,38,39). The minimum absolute atomic E-state index is 0.0347. The molecule has 232 valence electrons. The molecule has 2 bridgehead atoms. The summed E-state index contributed by atoms with van der Waals surface area (Å²) in [4.78, 5) is 77.7. The van der Waals surface area contributed by atoms with E-state index in [0.717, 1.165) is 0 Å². The van der Waals surface area contributed by atoms with E-state index in [9.17, 15) is 39.0 Å². The van der Waals surface area contributed by atoms with Gasteiger partial charge in [0.25, 0.3) is 19.4 Å². The van der Waals surface area contributed by atoms with Crippen LogP contribution in [0.3, 0.4) is 0 Å². The summed E-state index contributed by atoms with van der Waals surface area (Å²) < 4.78 is 15.3. The lowest BCUT2D eigenvalue weighted by molar-refractivity contribution is -0.153. The highest BCUT2D eigenvalue weighted by Crippen LogP contribution is 2.18. The fourth-order valence-corrected chi connectivity index (χ4v) is 4.69. The number of hydrogen-bond acceptors (Lipinski definition) is 13. The van der Waals surface area contributed by atoms with Crippen molar-refractivity contribution in [1.82, 2.24) is 19.7 Å².